The van der Waals surface area contributed by atoms with Gasteiger partial charge in [0.05, 0.1) is 5.25 Å². The van der Waals surface area contributed by atoms with Crippen molar-refractivity contribution in [3.63, 3.8) is 0 Å². The van der Waals surface area contributed by atoms with Crippen molar-refractivity contribution in [2.24, 2.45) is 0 Å². The second-order valence-corrected chi connectivity index (χ2v) is 4.77. The first kappa shape index (κ1) is 10.2. The Bertz CT molecular complexity index is 184. The minimum absolute atomic E-state index is 0. The summed E-state index contributed by atoms with van der Waals surface area (Å²) in [4.78, 5) is 0. The SMILES string of the molecule is CS(=O)(=O)[C@@H]1CCNC1.Cl. The molecule has 3 nitrogen and oxygen atoms in total. The number of hydrogen-bond donors (Lipinski definition) is 1. The summed E-state index contributed by atoms with van der Waals surface area (Å²) in [5, 5.41) is 2.87. The van der Waals surface area contributed by atoms with Crippen molar-refractivity contribution in [3.8, 4) is 0 Å². The number of halogens is 1. The molecule has 1 saturated heterocycles. The molecule has 1 atom stereocenters. The molecule has 1 N–H and O–H groups in total. The van der Waals surface area contributed by atoms with Crippen LogP contribution in [0.1, 0.15) is 6.42 Å². The number of nitrogens with one attached hydrogen (secondary N) is 1. The van der Waals surface area contributed by atoms with Crippen LogP contribution >= 0.6 is 12.4 Å². The standard InChI is InChI=1S/C5H11NO2S.ClH/c1-9(7,8)5-2-3-6-4-5;/h5-6H,2-4H2,1H3;1H/t5-;/m1./s1. The molecule has 0 radical (unpaired) electrons. The van der Waals surface area contributed by atoms with E-state index in [-0.39, 0.29) is 17.7 Å². The minimum Gasteiger partial charge on any atom is -0.315 e. The van der Waals surface area contributed by atoms with E-state index in [1.807, 2.05) is 0 Å². The highest BCUT2D eigenvalue weighted by Gasteiger charge is 2.23. The van der Waals surface area contributed by atoms with Gasteiger partial charge in [-0.15, -0.1) is 12.4 Å². The average Bonchev–Trinajstić information content (AvgIpc) is 2.08. The molecule has 0 bridgehead atoms. The van der Waals surface area contributed by atoms with E-state index < -0.39 is 9.84 Å². The Hall–Kier alpha value is 0.200. The van der Waals surface area contributed by atoms with E-state index in [1.165, 1.54) is 6.26 Å². The van der Waals surface area contributed by atoms with E-state index in [1.54, 1.807) is 0 Å². The first-order valence-corrected chi connectivity index (χ1v) is 4.96. The largest absolute Gasteiger partial charge is 0.315 e. The van der Waals surface area contributed by atoms with Gasteiger partial charge in [-0.25, -0.2) is 8.42 Å². The zero-order chi connectivity index (χ0) is 6.91. The van der Waals surface area contributed by atoms with Crippen LogP contribution < -0.4 is 5.32 Å². The molecule has 10 heavy (non-hydrogen) atoms. The second-order valence-electron chi connectivity index (χ2n) is 2.44. The molecule has 0 unspecified atom stereocenters. The van der Waals surface area contributed by atoms with Crippen molar-refractivity contribution in [2.45, 2.75) is 11.7 Å². The lowest BCUT2D eigenvalue weighted by molar-refractivity contribution is 0.589. The summed E-state index contributed by atoms with van der Waals surface area (Å²) in [6, 6.07) is 0. The molecule has 1 rings (SSSR count). The van der Waals surface area contributed by atoms with Crippen LogP contribution in [0, 0.1) is 0 Å². The van der Waals surface area contributed by atoms with Crippen LogP contribution in [0.2, 0.25) is 0 Å². The van der Waals surface area contributed by atoms with E-state index in [4.69, 9.17) is 0 Å². The Labute approximate surface area is 67.5 Å². The fourth-order valence-corrected chi connectivity index (χ4v) is 1.96. The maximum atomic E-state index is 10.8. The van der Waals surface area contributed by atoms with Gasteiger partial charge in [-0.3, -0.25) is 0 Å². The van der Waals surface area contributed by atoms with Crippen LogP contribution in [0.3, 0.4) is 0 Å². The molecule has 0 aliphatic carbocycles. The van der Waals surface area contributed by atoms with E-state index in [0.717, 1.165) is 13.0 Å². The van der Waals surface area contributed by atoms with Crippen LogP contribution in [0.25, 0.3) is 0 Å². The molecule has 0 amide bonds. The summed E-state index contributed by atoms with van der Waals surface area (Å²) < 4.78 is 21.6. The lowest BCUT2D eigenvalue weighted by Crippen LogP contribution is -2.22. The molecule has 0 spiro atoms. The molecule has 0 aromatic heterocycles. The third-order valence-electron chi connectivity index (χ3n) is 1.62. The van der Waals surface area contributed by atoms with Gasteiger partial charge in [0.25, 0.3) is 0 Å². The fraction of sp³-hybridized carbons (Fsp3) is 1.00. The van der Waals surface area contributed by atoms with Gasteiger partial charge < -0.3 is 5.32 Å². The van der Waals surface area contributed by atoms with Gasteiger partial charge >= 0.3 is 0 Å². The van der Waals surface area contributed by atoms with Crippen LogP contribution in [-0.2, 0) is 9.84 Å². The summed E-state index contributed by atoms with van der Waals surface area (Å²) in [5.41, 5.74) is 0. The first-order valence-electron chi connectivity index (χ1n) is 3.00. The minimum atomic E-state index is -2.77. The van der Waals surface area contributed by atoms with Gasteiger partial charge in [-0.2, -0.15) is 0 Å². The number of rotatable bonds is 1. The lowest BCUT2D eigenvalue weighted by atomic mass is 10.4. The monoisotopic (exact) mass is 185 g/mol. The third-order valence-corrected chi connectivity index (χ3v) is 3.23. The van der Waals surface area contributed by atoms with Crippen molar-refractivity contribution in [1.82, 2.24) is 5.32 Å². The zero-order valence-electron chi connectivity index (χ0n) is 5.83. The van der Waals surface area contributed by atoms with E-state index in [2.05, 4.69) is 5.32 Å². The zero-order valence-corrected chi connectivity index (χ0v) is 7.46. The molecule has 1 aliphatic rings. The first-order chi connectivity index (χ1) is 4.11. The topological polar surface area (TPSA) is 46.2 Å². The van der Waals surface area contributed by atoms with E-state index in [0.29, 0.717) is 6.54 Å². The third kappa shape index (κ3) is 2.44. The number of hydrogen-bond acceptors (Lipinski definition) is 3. The molecule has 5 heteroatoms. The summed E-state index contributed by atoms with van der Waals surface area (Å²) in [5.74, 6) is 0. The summed E-state index contributed by atoms with van der Waals surface area (Å²) in [6.45, 7) is 1.48. The summed E-state index contributed by atoms with van der Waals surface area (Å²) in [7, 11) is -2.77. The molecule has 1 heterocycles. The maximum absolute atomic E-state index is 10.8. The van der Waals surface area contributed by atoms with E-state index >= 15 is 0 Å². The summed E-state index contributed by atoms with van der Waals surface area (Å²) >= 11 is 0. The summed E-state index contributed by atoms with van der Waals surface area (Å²) in [6.07, 6.45) is 2.07. The Balaban J connectivity index is 0.000000810. The Morgan fingerprint density at radius 3 is 2.30 bits per heavy atom. The molecule has 1 aliphatic heterocycles. The van der Waals surface area contributed by atoms with Crippen molar-refractivity contribution >= 4 is 22.2 Å². The van der Waals surface area contributed by atoms with Crippen LogP contribution in [0.5, 0.6) is 0 Å². The molecule has 0 aromatic rings. The highest BCUT2D eigenvalue weighted by Crippen LogP contribution is 2.06. The van der Waals surface area contributed by atoms with Crippen molar-refractivity contribution in [3.05, 3.63) is 0 Å². The van der Waals surface area contributed by atoms with Gasteiger partial charge in [0.15, 0.2) is 9.84 Å². The van der Waals surface area contributed by atoms with Crippen LogP contribution in [0.4, 0.5) is 0 Å². The molecule has 0 saturated carbocycles. The second kappa shape index (κ2) is 3.55. The van der Waals surface area contributed by atoms with E-state index in [9.17, 15) is 8.42 Å². The molecule has 0 aromatic carbocycles. The molecule has 62 valence electrons. The van der Waals surface area contributed by atoms with Crippen molar-refractivity contribution in [1.29, 1.82) is 0 Å². The van der Waals surface area contributed by atoms with Gasteiger partial charge in [0.1, 0.15) is 0 Å². The predicted molar refractivity (Wildman–Crippen MR) is 43.4 cm³/mol. The predicted octanol–water partition coefficient (Wildman–Crippen LogP) is -0.185. The Morgan fingerprint density at radius 2 is 2.10 bits per heavy atom. The van der Waals surface area contributed by atoms with Crippen LogP contribution in [-0.4, -0.2) is 33.0 Å². The highest BCUT2D eigenvalue weighted by molar-refractivity contribution is 7.91. The Morgan fingerprint density at radius 1 is 1.50 bits per heavy atom. The molecular formula is C5H12ClNO2S. The lowest BCUT2D eigenvalue weighted by Gasteiger charge is -2.02. The van der Waals surface area contributed by atoms with Crippen LogP contribution in [0.15, 0.2) is 0 Å². The molecular weight excluding hydrogens is 174 g/mol. The number of sulfone groups is 1. The van der Waals surface area contributed by atoms with Gasteiger partial charge in [-0.05, 0) is 13.0 Å². The van der Waals surface area contributed by atoms with Crippen molar-refractivity contribution < 1.29 is 8.42 Å². The normalized spacial score (nSPS) is 25.9. The quantitative estimate of drug-likeness (QED) is 0.617. The van der Waals surface area contributed by atoms with Gasteiger partial charge in [0, 0.05) is 12.8 Å². The maximum Gasteiger partial charge on any atom is 0.151 e. The highest BCUT2D eigenvalue weighted by atomic mass is 35.5. The van der Waals surface area contributed by atoms with Gasteiger partial charge in [0.2, 0.25) is 0 Å². The van der Waals surface area contributed by atoms with Gasteiger partial charge in [-0.1, -0.05) is 0 Å². The average molecular weight is 186 g/mol. The Kier molecular flexibility index (Phi) is 3.62. The van der Waals surface area contributed by atoms with Crippen molar-refractivity contribution in [2.75, 3.05) is 19.3 Å². The fourth-order valence-electron chi connectivity index (χ4n) is 0.994. The molecule has 1 fully saturated rings. The smallest absolute Gasteiger partial charge is 0.151 e.